The molecule has 0 radical (unpaired) electrons. The highest BCUT2D eigenvalue weighted by Gasteiger charge is 2.38. The first-order valence-electron chi connectivity index (χ1n) is 19.3. The predicted octanol–water partition coefficient (Wildman–Crippen LogP) is 10.2. The van der Waals surface area contributed by atoms with Crippen LogP contribution in [-0.4, -0.2) is 46.3 Å². The fraction of sp³-hybridized carbons (Fsp3) is 0.558. The maximum Gasteiger partial charge on any atom is 0.374 e. The van der Waals surface area contributed by atoms with E-state index < -0.39 is 29.1 Å². The minimum atomic E-state index is -1.44. The number of halogens is 1. The van der Waals surface area contributed by atoms with Gasteiger partial charge in [-0.1, -0.05) is 112 Å². The number of nitrogens with zero attached hydrogens (tertiary/aromatic N) is 2. The molecule has 0 aliphatic carbocycles. The molecule has 3 rings (SSSR count). The highest BCUT2D eigenvalue weighted by Crippen LogP contribution is 2.38. The van der Waals surface area contributed by atoms with Crippen molar-refractivity contribution in [1.29, 1.82) is 0 Å². The van der Waals surface area contributed by atoms with Crippen molar-refractivity contribution in [3.8, 4) is 5.75 Å². The number of unbranched alkanes of at least 4 members (excludes halogenated alkanes) is 3. The van der Waals surface area contributed by atoms with E-state index in [1.54, 1.807) is 32.9 Å². The van der Waals surface area contributed by atoms with Crippen LogP contribution < -0.4 is 15.4 Å². The van der Waals surface area contributed by atoms with Gasteiger partial charge in [0.2, 0.25) is 11.7 Å². The van der Waals surface area contributed by atoms with Crippen LogP contribution in [0.3, 0.4) is 0 Å². The van der Waals surface area contributed by atoms with Crippen molar-refractivity contribution in [3.05, 3.63) is 70.8 Å². The number of nitrogens with one attached hydrogen (secondary N) is 2. The second-order valence-electron chi connectivity index (χ2n) is 16.2. The molecule has 54 heavy (non-hydrogen) atoms. The monoisotopic (exact) mass is 764 g/mol. The number of ether oxygens (including phenoxy) is 2. The average molecular weight is 765 g/mol. The SMILES string of the molecule is CCCCCCOC(=O)c1nccn1C(C(=O)Nc1cc(NC(=O)CCCOc2ccc(C(C)(C)CC)cc2C(C)(C)CC)ccc1Cl)C(=O)C(C)(C)C. The minimum absolute atomic E-state index is 0.0531. The number of carbonyl (C=O) groups is 4. The van der Waals surface area contributed by atoms with Crippen LogP contribution in [0, 0.1) is 5.41 Å². The Morgan fingerprint density at radius 2 is 1.54 bits per heavy atom. The molecule has 2 aromatic carbocycles. The lowest BCUT2D eigenvalue weighted by atomic mass is 9.76. The molecule has 296 valence electrons. The number of imidazole rings is 1. The van der Waals surface area contributed by atoms with Gasteiger partial charge in [-0.15, -0.1) is 0 Å². The Morgan fingerprint density at radius 1 is 0.833 bits per heavy atom. The summed E-state index contributed by atoms with van der Waals surface area (Å²) in [4.78, 5) is 57.7. The molecule has 1 atom stereocenters. The lowest BCUT2D eigenvalue weighted by Gasteiger charge is -2.30. The number of Topliss-reactive ketones (excluding diaryl/α,β-unsaturated/α-hetero) is 1. The van der Waals surface area contributed by atoms with Crippen molar-refractivity contribution < 1.29 is 28.7 Å². The highest BCUT2D eigenvalue weighted by molar-refractivity contribution is 6.34. The van der Waals surface area contributed by atoms with E-state index in [4.69, 9.17) is 21.1 Å². The third-order valence-electron chi connectivity index (χ3n) is 10.2. The van der Waals surface area contributed by atoms with Crippen molar-refractivity contribution in [2.75, 3.05) is 23.8 Å². The van der Waals surface area contributed by atoms with Crippen LogP contribution in [-0.2, 0) is 30.0 Å². The molecule has 3 aromatic rings. The first kappa shape index (κ1) is 44.2. The summed E-state index contributed by atoms with van der Waals surface area (Å²) in [7, 11) is 0. The molecule has 0 fully saturated rings. The third-order valence-corrected chi connectivity index (χ3v) is 10.5. The molecule has 0 aliphatic rings. The fourth-order valence-corrected chi connectivity index (χ4v) is 5.92. The molecule has 2 amide bonds. The van der Waals surface area contributed by atoms with Crippen LogP contribution in [0.4, 0.5) is 11.4 Å². The Kier molecular flexibility index (Phi) is 15.9. The standard InChI is InChI=1S/C43H61ClN4O6/c1-11-14-15-16-25-54-40(52)38-45-23-24-48(38)36(37(50)41(4,5)6)39(51)47-33-28-30(20-21-32(33)44)46-35(49)18-17-26-53-34-22-19-29(42(7,8)12-2)27-31(34)43(9,10)13-3/h19-24,27-28,36H,11-18,25-26H2,1-10H3,(H,46,49)(H,47,51). The number of hydrogen-bond acceptors (Lipinski definition) is 7. The number of aromatic nitrogens is 2. The summed E-state index contributed by atoms with van der Waals surface area (Å²) in [5.41, 5.74) is 2.08. The van der Waals surface area contributed by atoms with Crippen LogP contribution in [0.2, 0.25) is 5.02 Å². The lowest BCUT2D eigenvalue weighted by molar-refractivity contribution is -0.135. The van der Waals surface area contributed by atoms with Crippen LogP contribution in [0.1, 0.15) is 148 Å². The fourth-order valence-electron chi connectivity index (χ4n) is 5.76. The number of rotatable bonds is 20. The molecule has 11 heteroatoms. The van der Waals surface area contributed by atoms with Gasteiger partial charge in [-0.25, -0.2) is 9.78 Å². The molecular formula is C43H61ClN4O6. The van der Waals surface area contributed by atoms with Gasteiger partial charge in [-0.2, -0.15) is 0 Å². The number of carbonyl (C=O) groups excluding carboxylic acids is 4. The molecule has 10 nitrogen and oxygen atoms in total. The number of hydrogen-bond donors (Lipinski definition) is 2. The van der Waals surface area contributed by atoms with E-state index in [9.17, 15) is 19.2 Å². The first-order valence-corrected chi connectivity index (χ1v) is 19.7. The van der Waals surface area contributed by atoms with Crippen molar-refractivity contribution in [2.24, 2.45) is 5.41 Å². The quantitative estimate of drug-likeness (QED) is 0.0666. The number of amides is 2. The Labute approximate surface area is 327 Å². The maximum absolute atomic E-state index is 13.9. The summed E-state index contributed by atoms with van der Waals surface area (Å²) >= 11 is 6.49. The molecule has 0 saturated heterocycles. The first-order chi connectivity index (χ1) is 25.4. The second-order valence-corrected chi connectivity index (χ2v) is 16.6. The summed E-state index contributed by atoms with van der Waals surface area (Å²) in [5.74, 6) is -1.43. The van der Waals surface area contributed by atoms with E-state index >= 15 is 0 Å². The zero-order valence-corrected chi connectivity index (χ0v) is 34.7. The topological polar surface area (TPSA) is 129 Å². The van der Waals surface area contributed by atoms with Crippen molar-refractivity contribution in [2.45, 2.75) is 137 Å². The Hall–Kier alpha value is -4.18. The molecule has 0 bridgehead atoms. The zero-order valence-electron chi connectivity index (χ0n) is 34.0. The second kappa shape index (κ2) is 19.4. The number of esters is 1. The normalized spacial score (nSPS) is 12.6. The van der Waals surface area contributed by atoms with Gasteiger partial charge >= 0.3 is 5.97 Å². The zero-order chi connectivity index (χ0) is 40.3. The van der Waals surface area contributed by atoms with E-state index in [0.717, 1.165) is 43.4 Å². The summed E-state index contributed by atoms with van der Waals surface area (Å²) in [6, 6.07) is 9.73. The maximum atomic E-state index is 13.9. The van der Waals surface area contributed by atoms with Crippen LogP contribution in [0.5, 0.6) is 5.75 Å². The molecule has 1 heterocycles. The molecule has 1 aromatic heterocycles. The summed E-state index contributed by atoms with van der Waals surface area (Å²) in [5, 5.41) is 5.81. The largest absolute Gasteiger partial charge is 0.493 e. The van der Waals surface area contributed by atoms with Gasteiger partial charge in [0.05, 0.1) is 23.9 Å². The Balaban J connectivity index is 1.70. The van der Waals surface area contributed by atoms with Gasteiger partial charge in [0.25, 0.3) is 5.91 Å². The van der Waals surface area contributed by atoms with E-state index in [1.165, 1.54) is 28.6 Å². The molecule has 0 saturated carbocycles. The van der Waals surface area contributed by atoms with Gasteiger partial charge in [-0.3, -0.25) is 14.4 Å². The molecule has 0 aliphatic heterocycles. The Morgan fingerprint density at radius 3 is 2.19 bits per heavy atom. The Bertz CT molecular complexity index is 1760. The number of benzene rings is 2. The molecule has 0 spiro atoms. The van der Waals surface area contributed by atoms with E-state index in [2.05, 4.69) is 82.3 Å². The van der Waals surface area contributed by atoms with E-state index in [0.29, 0.717) is 25.1 Å². The van der Waals surface area contributed by atoms with E-state index in [1.807, 2.05) is 0 Å². The van der Waals surface area contributed by atoms with Crippen molar-refractivity contribution in [1.82, 2.24) is 9.55 Å². The average Bonchev–Trinajstić information content (AvgIpc) is 3.60. The van der Waals surface area contributed by atoms with E-state index in [-0.39, 0.29) is 46.3 Å². The summed E-state index contributed by atoms with van der Waals surface area (Å²) < 4.78 is 12.9. The van der Waals surface area contributed by atoms with Crippen molar-refractivity contribution >= 4 is 46.5 Å². The van der Waals surface area contributed by atoms with Gasteiger partial charge in [-0.05, 0) is 66.3 Å². The number of ketones is 1. The summed E-state index contributed by atoms with van der Waals surface area (Å²) in [6.07, 6.45) is 9.15. The summed E-state index contributed by atoms with van der Waals surface area (Å²) in [6.45, 7) is 21.1. The molecular weight excluding hydrogens is 704 g/mol. The van der Waals surface area contributed by atoms with Crippen LogP contribution >= 0.6 is 11.6 Å². The van der Waals surface area contributed by atoms with Gasteiger partial charge in [0.1, 0.15) is 5.75 Å². The van der Waals surface area contributed by atoms with Crippen LogP contribution in [0.25, 0.3) is 0 Å². The van der Waals surface area contributed by atoms with Gasteiger partial charge in [0.15, 0.2) is 11.8 Å². The van der Waals surface area contributed by atoms with Crippen molar-refractivity contribution in [3.63, 3.8) is 0 Å². The predicted molar refractivity (Wildman–Crippen MR) is 217 cm³/mol. The number of anilines is 2. The van der Waals surface area contributed by atoms with Crippen LogP contribution in [0.15, 0.2) is 48.8 Å². The lowest BCUT2D eigenvalue weighted by Crippen LogP contribution is -2.39. The van der Waals surface area contributed by atoms with Gasteiger partial charge < -0.3 is 24.7 Å². The molecule has 2 N–H and O–H groups in total. The third kappa shape index (κ3) is 11.9. The van der Waals surface area contributed by atoms with Gasteiger partial charge in [0, 0.05) is 35.5 Å². The minimum Gasteiger partial charge on any atom is -0.493 e. The smallest absolute Gasteiger partial charge is 0.374 e. The highest BCUT2D eigenvalue weighted by atomic mass is 35.5. The molecule has 1 unspecified atom stereocenters.